The van der Waals surface area contributed by atoms with E-state index >= 15 is 0 Å². The molecule has 0 N–H and O–H groups in total. The van der Waals surface area contributed by atoms with Gasteiger partial charge < -0.3 is 9.47 Å². The molecule has 23 heavy (non-hydrogen) atoms. The van der Waals surface area contributed by atoms with E-state index in [4.69, 9.17) is 14.6 Å². The zero-order chi connectivity index (χ0) is 16.7. The van der Waals surface area contributed by atoms with E-state index in [-0.39, 0.29) is 5.41 Å². The van der Waals surface area contributed by atoms with Crippen molar-refractivity contribution < 1.29 is 9.47 Å². The fourth-order valence-corrected chi connectivity index (χ4v) is 4.80. The van der Waals surface area contributed by atoms with Crippen LogP contribution in [0.5, 0.6) is 0 Å². The summed E-state index contributed by atoms with van der Waals surface area (Å²) in [6.07, 6.45) is 6.59. The molecule has 1 fully saturated rings. The number of nitrogens with zero attached hydrogens (tertiary/aromatic N) is 2. The Morgan fingerprint density at radius 2 is 2.04 bits per heavy atom. The van der Waals surface area contributed by atoms with Gasteiger partial charge in [-0.3, -0.25) is 4.68 Å². The average Bonchev–Trinajstić information content (AvgIpc) is 3.12. The molecule has 130 valence electrons. The maximum atomic E-state index is 6.22. The van der Waals surface area contributed by atoms with Crippen molar-refractivity contribution in [2.24, 2.45) is 18.4 Å². The number of aromatic nitrogens is 2. The molecular weight excluding hydrogens is 356 g/mol. The van der Waals surface area contributed by atoms with E-state index < -0.39 is 5.79 Å². The number of fused-ring (bicyclic) bond motifs is 1. The molecule has 0 amide bonds. The van der Waals surface area contributed by atoms with Gasteiger partial charge in [-0.2, -0.15) is 5.10 Å². The summed E-state index contributed by atoms with van der Waals surface area (Å²) in [6.45, 7) is 8.34. The van der Waals surface area contributed by atoms with Crippen LogP contribution in [0.3, 0.4) is 0 Å². The molecule has 0 spiro atoms. The van der Waals surface area contributed by atoms with Gasteiger partial charge in [0, 0.05) is 24.4 Å². The van der Waals surface area contributed by atoms with Crippen LogP contribution in [0.15, 0.2) is 4.60 Å². The highest BCUT2D eigenvalue weighted by Gasteiger charge is 2.53. The summed E-state index contributed by atoms with van der Waals surface area (Å²) >= 11 is 3.67. The molecular formula is C18H29BrN2O2. The predicted octanol–water partition coefficient (Wildman–Crippen LogP) is 4.25. The number of hydrogen-bond donors (Lipinski definition) is 0. The lowest BCUT2D eigenvalue weighted by Crippen LogP contribution is -2.51. The van der Waals surface area contributed by atoms with E-state index in [2.05, 4.69) is 36.7 Å². The van der Waals surface area contributed by atoms with E-state index in [1.165, 1.54) is 24.1 Å². The lowest BCUT2D eigenvalue weighted by Gasteiger charge is -2.48. The van der Waals surface area contributed by atoms with Crippen LogP contribution < -0.4 is 0 Å². The van der Waals surface area contributed by atoms with Gasteiger partial charge in [0.05, 0.1) is 18.9 Å². The van der Waals surface area contributed by atoms with E-state index in [0.717, 1.165) is 43.5 Å². The normalized spacial score (nSPS) is 24.0. The molecule has 1 aromatic rings. The molecule has 1 aliphatic heterocycles. The van der Waals surface area contributed by atoms with Gasteiger partial charge in [0.2, 0.25) is 0 Å². The van der Waals surface area contributed by atoms with Crippen molar-refractivity contribution in [1.82, 2.24) is 9.78 Å². The number of aryl methyl sites for hydroxylation is 1. The van der Waals surface area contributed by atoms with Gasteiger partial charge in [-0.05, 0) is 47.5 Å². The van der Waals surface area contributed by atoms with Crippen molar-refractivity contribution in [3.63, 3.8) is 0 Å². The Labute approximate surface area is 148 Å². The summed E-state index contributed by atoms with van der Waals surface area (Å²) < 4.78 is 15.5. The fourth-order valence-electron chi connectivity index (χ4n) is 4.29. The Balaban J connectivity index is 1.84. The molecule has 5 heteroatoms. The van der Waals surface area contributed by atoms with Crippen LogP contribution >= 0.6 is 15.9 Å². The average molecular weight is 385 g/mol. The number of ether oxygens (including phenoxy) is 2. The van der Waals surface area contributed by atoms with Crippen LogP contribution in [0.1, 0.15) is 57.7 Å². The minimum Gasteiger partial charge on any atom is -0.347 e. The molecule has 0 unspecified atom stereocenters. The second-order valence-corrected chi connectivity index (χ2v) is 8.31. The highest BCUT2D eigenvalue weighted by Crippen LogP contribution is 2.50. The van der Waals surface area contributed by atoms with Crippen LogP contribution in [-0.2, 0) is 29.4 Å². The van der Waals surface area contributed by atoms with Gasteiger partial charge >= 0.3 is 0 Å². The Morgan fingerprint density at radius 3 is 2.70 bits per heavy atom. The second-order valence-electron chi connectivity index (χ2n) is 7.55. The van der Waals surface area contributed by atoms with Crippen LogP contribution in [0.4, 0.5) is 0 Å². The van der Waals surface area contributed by atoms with Crippen LogP contribution in [0.25, 0.3) is 0 Å². The Bertz CT molecular complexity index is 562. The first-order valence-corrected chi connectivity index (χ1v) is 9.68. The van der Waals surface area contributed by atoms with E-state index in [1.807, 2.05) is 11.7 Å². The molecule has 2 aliphatic rings. The van der Waals surface area contributed by atoms with Crippen LogP contribution in [0.2, 0.25) is 0 Å². The highest BCUT2D eigenvalue weighted by atomic mass is 79.9. The summed E-state index contributed by atoms with van der Waals surface area (Å²) in [7, 11) is 2.01. The summed E-state index contributed by atoms with van der Waals surface area (Å²) in [4.78, 5) is 0. The van der Waals surface area contributed by atoms with Gasteiger partial charge in [0.25, 0.3) is 0 Å². The third-order valence-electron chi connectivity index (χ3n) is 5.95. The Hall–Kier alpha value is -0.390. The number of unbranched alkanes of at least 4 members (excludes halogenated alkanes) is 1. The molecule has 3 rings (SSSR count). The van der Waals surface area contributed by atoms with Crippen LogP contribution in [0, 0.1) is 11.3 Å². The summed E-state index contributed by atoms with van der Waals surface area (Å²) in [5.41, 5.74) is 2.61. The van der Waals surface area contributed by atoms with Gasteiger partial charge in [-0.15, -0.1) is 0 Å². The van der Waals surface area contributed by atoms with Crippen molar-refractivity contribution in [2.45, 2.75) is 65.1 Å². The number of halogens is 1. The van der Waals surface area contributed by atoms with Crippen molar-refractivity contribution in [3.8, 4) is 0 Å². The van der Waals surface area contributed by atoms with Crippen molar-refractivity contribution >= 4 is 15.9 Å². The first-order valence-electron chi connectivity index (χ1n) is 8.89. The molecule has 1 saturated heterocycles. The number of hydrogen-bond acceptors (Lipinski definition) is 3. The van der Waals surface area contributed by atoms with Crippen molar-refractivity contribution in [2.75, 3.05) is 13.2 Å². The molecule has 1 atom stereocenters. The third kappa shape index (κ3) is 2.89. The highest BCUT2D eigenvalue weighted by molar-refractivity contribution is 9.10. The van der Waals surface area contributed by atoms with Gasteiger partial charge in [-0.25, -0.2) is 0 Å². The quantitative estimate of drug-likeness (QED) is 0.761. The topological polar surface area (TPSA) is 36.3 Å². The summed E-state index contributed by atoms with van der Waals surface area (Å²) in [6, 6.07) is 0. The zero-order valence-corrected chi connectivity index (χ0v) is 16.4. The second kappa shape index (κ2) is 6.49. The molecule has 0 aromatic carbocycles. The number of rotatable bonds is 5. The lowest BCUT2D eigenvalue weighted by molar-refractivity contribution is -0.249. The summed E-state index contributed by atoms with van der Waals surface area (Å²) in [5.74, 6) is 0.115. The first kappa shape index (κ1) is 17.4. The van der Waals surface area contributed by atoms with Gasteiger partial charge in [0.15, 0.2) is 5.79 Å². The monoisotopic (exact) mass is 384 g/mol. The zero-order valence-electron chi connectivity index (χ0n) is 14.8. The van der Waals surface area contributed by atoms with Gasteiger partial charge in [0.1, 0.15) is 4.60 Å². The molecule has 1 aliphatic carbocycles. The SMILES string of the molecule is CCCCC1(C(C)(C)[C@@H]2CCc3c(nn(C)c3Br)C2)OCCO1. The molecule has 4 nitrogen and oxygen atoms in total. The Kier molecular flexibility index (Phi) is 4.92. The molecule has 2 heterocycles. The minimum atomic E-state index is -0.419. The fraction of sp³-hybridized carbons (Fsp3) is 0.833. The smallest absolute Gasteiger partial charge is 0.173 e. The van der Waals surface area contributed by atoms with Crippen molar-refractivity contribution in [3.05, 3.63) is 15.9 Å². The molecule has 0 saturated carbocycles. The van der Waals surface area contributed by atoms with Crippen molar-refractivity contribution in [1.29, 1.82) is 0 Å². The standard InChI is InChI=1S/C18H29BrN2O2/c1-5-6-9-18(22-10-11-23-18)17(2,3)13-7-8-14-15(12-13)20-21(4)16(14)19/h13H,5-12H2,1-4H3/t13-/m1/s1. The molecule has 0 bridgehead atoms. The Morgan fingerprint density at radius 1 is 1.35 bits per heavy atom. The minimum absolute atomic E-state index is 0.0135. The largest absolute Gasteiger partial charge is 0.347 e. The molecule has 0 radical (unpaired) electrons. The first-order chi connectivity index (χ1) is 10.9. The van der Waals surface area contributed by atoms with Crippen LogP contribution in [-0.4, -0.2) is 28.8 Å². The maximum absolute atomic E-state index is 6.22. The van der Waals surface area contributed by atoms with E-state index in [0.29, 0.717) is 5.92 Å². The molecule has 1 aromatic heterocycles. The van der Waals surface area contributed by atoms with Gasteiger partial charge in [-0.1, -0.05) is 27.2 Å². The predicted molar refractivity (Wildman–Crippen MR) is 94.4 cm³/mol. The maximum Gasteiger partial charge on any atom is 0.173 e. The summed E-state index contributed by atoms with van der Waals surface area (Å²) in [5, 5.41) is 4.71. The van der Waals surface area contributed by atoms with E-state index in [9.17, 15) is 0 Å². The van der Waals surface area contributed by atoms with E-state index in [1.54, 1.807) is 0 Å². The third-order valence-corrected chi connectivity index (χ3v) is 6.94. The lowest BCUT2D eigenvalue weighted by atomic mass is 9.65.